The van der Waals surface area contributed by atoms with Gasteiger partial charge in [-0.1, -0.05) is 36.4 Å². The first-order valence-corrected chi connectivity index (χ1v) is 8.73. The zero-order valence-electron chi connectivity index (χ0n) is 15.3. The Kier molecular flexibility index (Phi) is 5.54. The summed E-state index contributed by atoms with van der Waals surface area (Å²) in [6.07, 6.45) is -0.844. The predicted octanol–water partition coefficient (Wildman–Crippen LogP) is 2.86. The van der Waals surface area contributed by atoms with Crippen LogP contribution in [0.4, 0.5) is 5.69 Å². The Morgan fingerprint density at radius 2 is 1.85 bits per heavy atom. The molecule has 0 bridgehead atoms. The van der Waals surface area contributed by atoms with E-state index >= 15 is 0 Å². The van der Waals surface area contributed by atoms with Crippen LogP contribution in [0.2, 0.25) is 0 Å². The molecular weight excluding hydrogens is 346 g/mol. The van der Waals surface area contributed by atoms with E-state index < -0.39 is 18.0 Å². The maximum atomic E-state index is 12.5. The van der Waals surface area contributed by atoms with Crippen molar-refractivity contribution in [1.29, 1.82) is 0 Å². The van der Waals surface area contributed by atoms with Gasteiger partial charge in [0.25, 0.3) is 0 Å². The third-order valence-corrected chi connectivity index (χ3v) is 4.54. The molecule has 0 radical (unpaired) electrons. The summed E-state index contributed by atoms with van der Waals surface area (Å²) in [5.74, 6) is -0.932. The molecule has 1 amide bonds. The van der Waals surface area contributed by atoms with E-state index in [2.05, 4.69) is 0 Å². The van der Waals surface area contributed by atoms with Gasteiger partial charge in [0, 0.05) is 30.3 Å². The van der Waals surface area contributed by atoms with Crippen LogP contribution in [0.15, 0.2) is 54.6 Å². The van der Waals surface area contributed by atoms with Crippen molar-refractivity contribution in [2.45, 2.75) is 19.4 Å². The van der Waals surface area contributed by atoms with Crippen molar-refractivity contribution in [3.05, 3.63) is 60.2 Å². The van der Waals surface area contributed by atoms with E-state index in [0.29, 0.717) is 17.0 Å². The Balaban J connectivity index is 1.64. The zero-order valence-corrected chi connectivity index (χ0v) is 15.3. The number of amides is 1. The van der Waals surface area contributed by atoms with E-state index in [1.807, 2.05) is 6.07 Å². The van der Waals surface area contributed by atoms with Gasteiger partial charge in [0.15, 0.2) is 6.10 Å². The summed E-state index contributed by atoms with van der Waals surface area (Å²) in [6.45, 7) is 1.76. The number of carbonyl (C=O) groups excluding carboxylic acids is 3. The SMILES string of the molecule is COc1cccc(N2C[C@@H](C(=O)O[C@@H](C)C(=O)c3ccccc3)CC2=O)c1. The molecule has 0 aliphatic carbocycles. The second-order valence-corrected chi connectivity index (χ2v) is 6.42. The fraction of sp³-hybridized carbons (Fsp3) is 0.286. The van der Waals surface area contributed by atoms with Crippen molar-refractivity contribution in [3.63, 3.8) is 0 Å². The number of rotatable bonds is 6. The standard InChI is InChI=1S/C21H21NO5/c1-14(20(24)15-7-4-3-5-8-15)27-21(25)16-11-19(23)22(13-16)17-9-6-10-18(12-17)26-2/h3-10,12,14,16H,11,13H2,1-2H3/t14-,16-/m0/s1. The number of hydrogen-bond donors (Lipinski definition) is 0. The normalized spacial score (nSPS) is 17.5. The summed E-state index contributed by atoms with van der Waals surface area (Å²) in [4.78, 5) is 38.7. The number of hydrogen-bond acceptors (Lipinski definition) is 5. The Labute approximate surface area is 157 Å². The molecule has 1 aliphatic rings. The Morgan fingerprint density at radius 3 is 2.56 bits per heavy atom. The smallest absolute Gasteiger partial charge is 0.312 e. The van der Waals surface area contributed by atoms with E-state index in [-0.39, 0.29) is 24.7 Å². The summed E-state index contributed by atoms with van der Waals surface area (Å²) in [5.41, 5.74) is 1.15. The lowest BCUT2D eigenvalue weighted by Crippen LogP contribution is -2.30. The van der Waals surface area contributed by atoms with Crippen LogP contribution < -0.4 is 9.64 Å². The zero-order chi connectivity index (χ0) is 19.4. The van der Waals surface area contributed by atoms with Gasteiger partial charge in [0.2, 0.25) is 11.7 Å². The van der Waals surface area contributed by atoms with Gasteiger partial charge in [-0.05, 0) is 19.1 Å². The number of esters is 1. The largest absolute Gasteiger partial charge is 0.497 e. The summed E-state index contributed by atoms with van der Waals surface area (Å²) < 4.78 is 10.5. The van der Waals surface area contributed by atoms with Crippen molar-refractivity contribution in [2.24, 2.45) is 5.92 Å². The van der Waals surface area contributed by atoms with Gasteiger partial charge in [-0.3, -0.25) is 14.4 Å². The summed E-state index contributed by atoms with van der Waals surface area (Å²) in [6, 6.07) is 15.8. The minimum absolute atomic E-state index is 0.0578. The maximum Gasteiger partial charge on any atom is 0.312 e. The van der Waals surface area contributed by atoms with E-state index in [1.54, 1.807) is 62.6 Å². The van der Waals surface area contributed by atoms with Crippen LogP contribution in [0.25, 0.3) is 0 Å². The molecule has 2 aromatic carbocycles. The number of benzene rings is 2. The van der Waals surface area contributed by atoms with Gasteiger partial charge in [0.1, 0.15) is 5.75 Å². The first kappa shape index (κ1) is 18.6. The monoisotopic (exact) mass is 367 g/mol. The molecule has 0 aromatic heterocycles. The van der Waals surface area contributed by atoms with Crippen LogP contribution in [-0.4, -0.2) is 37.4 Å². The topological polar surface area (TPSA) is 72.9 Å². The van der Waals surface area contributed by atoms with Crippen LogP contribution in [0.5, 0.6) is 5.75 Å². The number of anilines is 1. The first-order chi connectivity index (χ1) is 13.0. The molecule has 6 heteroatoms. The highest BCUT2D eigenvalue weighted by Crippen LogP contribution is 2.28. The molecule has 1 aliphatic heterocycles. The second kappa shape index (κ2) is 8.03. The van der Waals surface area contributed by atoms with Crippen molar-refractivity contribution in [1.82, 2.24) is 0 Å². The number of methoxy groups -OCH3 is 1. The Bertz CT molecular complexity index is 849. The molecule has 1 heterocycles. The van der Waals surface area contributed by atoms with Gasteiger partial charge in [-0.25, -0.2) is 0 Å². The summed E-state index contributed by atoms with van der Waals surface area (Å²) in [7, 11) is 1.55. The predicted molar refractivity (Wildman–Crippen MR) is 99.8 cm³/mol. The van der Waals surface area contributed by atoms with Gasteiger partial charge >= 0.3 is 5.97 Å². The van der Waals surface area contributed by atoms with E-state index in [4.69, 9.17) is 9.47 Å². The Hall–Kier alpha value is -3.15. The molecule has 27 heavy (non-hydrogen) atoms. The van der Waals surface area contributed by atoms with E-state index in [9.17, 15) is 14.4 Å². The minimum atomic E-state index is -0.902. The average molecular weight is 367 g/mol. The van der Waals surface area contributed by atoms with Crippen LogP contribution >= 0.6 is 0 Å². The number of nitrogens with zero attached hydrogens (tertiary/aromatic N) is 1. The van der Waals surface area contributed by atoms with E-state index in [0.717, 1.165) is 0 Å². The van der Waals surface area contributed by atoms with Crippen molar-refractivity contribution in [2.75, 3.05) is 18.6 Å². The van der Waals surface area contributed by atoms with Gasteiger partial charge in [0.05, 0.1) is 13.0 Å². The number of carbonyl (C=O) groups is 3. The molecule has 6 nitrogen and oxygen atoms in total. The summed E-state index contributed by atoms with van der Waals surface area (Å²) in [5, 5.41) is 0. The lowest BCUT2D eigenvalue weighted by molar-refractivity contribution is -0.151. The van der Waals surface area contributed by atoms with E-state index in [1.165, 1.54) is 4.90 Å². The van der Waals surface area contributed by atoms with Crippen LogP contribution in [0, 0.1) is 5.92 Å². The fourth-order valence-corrected chi connectivity index (χ4v) is 3.05. The molecule has 2 aromatic rings. The van der Waals surface area contributed by atoms with Crippen LogP contribution in [-0.2, 0) is 14.3 Å². The maximum absolute atomic E-state index is 12.5. The van der Waals surface area contributed by atoms with Crippen LogP contribution in [0.1, 0.15) is 23.7 Å². The van der Waals surface area contributed by atoms with Crippen molar-refractivity contribution >= 4 is 23.3 Å². The number of ether oxygens (including phenoxy) is 2. The van der Waals surface area contributed by atoms with Crippen molar-refractivity contribution in [3.8, 4) is 5.75 Å². The number of Topliss-reactive ketones (excluding diaryl/α,β-unsaturated/α-hetero) is 1. The van der Waals surface area contributed by atoms with Gasteiger partial charge < -0.3 is 14.4 Å². The first-order valence-electron chi connectivity index (χ1n) is 8.73. The minimum Gasteiger partial charge on any atom is -0.497 e. The molecule has 0 saturated carbocycles. The van der Waals surface area contributed by atoms with Crippen LogP contribution in [0.3, 0.4) is 0 Å². The molecular formula is C21H21NO5. The lowest BCUT2D eigenvalue weighted by Gasteiger charge is -2.18. The second-order valence-electron chi connectivity index (χ2n) is 6.42. The fourth-order valence-electron chi connectivity index (χ4n) is 3.05. The molecule has 0 N–H and O–H groups in total. The molecule has 0 unspecified atom stereocenters. The quantitative estimate of drug-likeness (QED) is 0.580. The highest BCUT2D eigenvalue weighted by molar-refractivity contribution is 6.02. The van der Waals surface area contributed by atoms with Gasteiger partial charge in [-0.15, -0.1) is 0 Å². The lowest BCUT2D eigenvalue weighted by atomic mass is 10.1. The Morgan fingerprint density at radius 1 is 1.11 bits per heavy atom. The van der Waals surface area contributed by atoms with Gasteiger partial charge in [-0.2, -0.15) is 0 Å². The summed E-state index contributed by atoms with van der Waals surface area (Å²) >= 11 is 0. The third-order valence-electron chi connectivity index (χ3n) is 4.54. The molecule has 0 spiro atoms. The van der Waals surface area contributed by atoms with Crippen molar-refractivity contribution < 1.29 is 23.9 Å². The highest BCUT2D eigenvalue weighted by atomic mass is 16.5. The highest BCUT2D eigenvalue weighted by Gasteiger charge is 2.37. The third kappa shape index (κ3) is 4.16. The molecule has 3 rings (SSSR count). The number of ketones is 1. The molecule has 1 saturated heterocycles. The average Bonchev–Trinajstić information content (AvgIpc) is 3.10. The molecule has 2 atom stereocenters. The molecule has 140 valence electrons. The molecule has 1 fully saturated rings.